The van der Waals surface area contributed by atoms with E-state index in [4.69, 9.17) is 24.9 Å². The Morgan fingerprint density at radius 1 is 0.444 bits per heavy atom. The Hall–Kier alpha value is -6.13. The van der Waals surface area contributed by atoms with Gasteiger partial charge in [0.15, 0.2) is 17.5 Å². The average molecular weight is 582 g/mol. The molecule has 0 bridgehead atoms. The van der Waals surface area contributed by atoms with Gasteiger partial charge in [0, 0.05) is 27.5 Å². The van der Waals surface area contributed by atoms with Gasteiger partial charge in [-0.25, -0.2) is 15.0 Å². The fourth-order valence-corrected chi connectivity index (χ4v) is 5.95. The lowest BCUT2D eigenvalue weighted by molar-refractivity contribution is 0.669. The molecular formula is C41H25N3O. The highest BCUT2D eigenvalue weighted by Gasteiger charge is 2.19. The van der Waals surface area contributed by atoms with Crippen molar-refractivity contribution in [1.82, 2.24) is 15.0 Å². The van der Waals surface area contributed by atoms with Crippen molar-refractivity contribution in [2.45, 2.75) is 0 Å². The first-order valence-corrected chi connectivity index (χ1v) is 14.5. The van der Waals surface area contributed by atoms with E-state index in [0.717, 1.165) is 21.5 Å². The van der Waals surface area contributed by atoms with E-state index >= 15 is 0 Å². The minimum absolute atomic E-state index is 0.0160. The molecule has 9 aromatic rings. The van der Waals surface area contributed by atoms with Crippen LogP contribution in [0.2, 0.25) is 0 Å². The van der Waals surface area contributed by atoms with Crippen LogP contribution in [0.15, 0.2) is 156 Å². The van der Waals surface area contributed by atoms with Gasteiger partial charge >= 0.3 is 0 Å². The van der Waals surface area contributed by atoms with E-state index in [1.54, 1.807) is 0 Å². The highest BCUT2D eigenvalue weighted by Crippen LogP contribution is 2.39. The second kappa shape index (κ2) is 10.2. The van der Waals surface area contributed by atoms with Gasteiger partial charge in [-0.2, -0.15) is 0 Å². The lowest BCUT2D eigenvalue weighted by Gasteiger charge is -2.14. The maximum absolute atomic E-state index is 9.47. The second-order valence-electron chi connectivity index (χ2n) is 10.8. The molecule has 0 atom stereocenters. The summed E-state index contributed by atoms with van der Waals surface area (Å²) in [7, 11) is 0. The fraction of sp³-hybridized carbons (Fsp3) is 0. The number of hydrogen-bond donors (Lipinski definition) is 0. The molecule has 0 N–H and O–H groups in total. The third kappa shape index (κ3) is 4.27. The van der Waals surface area contributed by atoms with Crippen LogP contribution in [-0.4, -0.2) is 15.0 Å². The third-order valence-electron chi connectivity index (χ3n) is 8.07. The van der Waals surface area contributed by atoms with Crippen molar-refractivity contribution < 1.29 is 12.6 Å². The van der Waals surface area contributed by atoms with Gasteiger partial charge in [0.2, 0.25) is 0 Å². The van der Waals surface area contributed by atoms with E-state index in [1.807, 2.05) is 115 Å². The molecule has 0 saturated heterocycles. The normalized spacial score (nSPS) is 13.4. The molecule has 45 heavy (non-hydrogen) atoms. The summed E-state index contributed by atoms with van der Waals surface area (Å²) in [5.74, 6) is 0.607. The van der Waals surface area contributed by atoms with E-state index in [-0.39, 0.29) is 57.7 Å². The molecule has 0 radical (unpaired) electrons. The van der Waals surface area contributed by atoms with E-state index < -0.39 is 12.1 Å². The first kappa shape index (κ1) is 19.9. The molecular weight excluding hydrogens is 550 g/mol. The van der Waals surface area contributed by atoms with Crippen LogP contribution < -0.4 is 0 Å². The summed E-state index contributed by atoms with van der Waals surface area (Å²) < 4.78 is 60.6. The van der Waals surface area contributed by atoms with Gasteiger partial charge in [0.05, 0.1) is 8.22 Å². The van der Waals surface area contributed by atoms with Crippen molar-refractivity contribution in [3.63, 3.8) is 0 Å². The van der Waals surface area contributed by atoms with Gasteiger partial charge in [-0.05, 0) is 56.9 Å². The standard InChI is InChI=1S/C41H25N3O/c1-2-12-27(13-3-1)39-42-40(44-41(43-39)35-18-10-20-37-38(35)34-17-8-9-19-36(34)45-37)33-24-23-30(31-15-6-7-16-32(31)33)29-22-21-26-11-4-5-14-28(26)25-29/h1-25H/i6D,7D,15D,16D,23D,24D. The zero-order chi connectivity index (χ0) is 35.0. The van der Waals surface area contributed by atoms with Crippen molar-refractivity contribution in [3.8, 4) is 45.3 Å². The molecule has 4 nitrogen and oxygen atoms in total. The highest BCUT2D eigenvalue weighted by molar-refractivity contribution is 6.12. The Bertz CT molecular complexity index is 2890. The number of nitrogens with zero attached hydrogens (tertiary/aromatic N) is 3. The van der Waals surface area contributed by atoms with Crippen molar-refractivity contribution >= 4 is 43.5 Å². The predicted molar refractivity (Wildman–Crippen MR) is 184 cm³/mol. The van der Waals surface area contributed by atoms with Crippen LogP contribution in [0.1, 0.15) is 8.22 Å². The Morgan fingerprint density at radius 3 is 1.98 bits per heavy atom. The molecule has 0 saturated carbocycles. The van der Waals surface area contributed by atoms with Crippen molar-refractivity contribution in [2.75, 3.05) is 0 Å². The minimum atomic E-state index is -0.456. The van der Waals surface area contributed by atoms with Crippen LogP contribution in [0.4, 0.5) is 0 Å². The van der Waals surface area contributed by atoms with Crippen LogP contribution in [0.25, 0.3) is 88.8 Å². The highest BCUT2D eigenvalue weighted by atomic mass is 16.3. The Labute approximate surface area is 267 Å². The summed E-state index contributed by atoms with van der Waals surface area (Å²) in [5.41, 5.74) is 3.52. The molecule has 9 rings (SSSR count). The monoisotopic (exact) mass is 581 g/mol. The van der Waals surface area contributed by atoms with Crippen LogP contribution >= 0.6 is 0 Å². The molecule has 2 heterocycles. The number of aromatic nitrogens is 3. The molecule has 0 amide bonds. The number of hydrogen-bond acceptors (Lipinski definition) is 4. The van der Waals surface area contributed by atoms with Crippen molar-refractivity contribution in [1.29, 1.82) is 0 Å². The summed E-state index contributed by atoms with van der Waals surface area (Å²) in [6.07, 6.45) is 0. The average Bonchev–Trinajstić information content (AvgIpc) is 3.56. The van der Waals surface area contributed by atoms with Gasteiger partial charge in [0.25, 0.3) is 0 Å². The molecule has 4 heteroatoms. The lowest BCUT2D eigenvalue weighted by Crippen LogP contribution is -2.01. The molecule has 0 spiro atoms. The molecule has 0 aliphatic rings. The molecule has 0 fully saturated rings. The largest absolute Gasteiger partial charge is 0.456 e. The van der Waals surface area contributed by atoms with Crippen molar-refractivity contribution in [2.24, 2.45) is 0 Å². The maximum atomic E-state index is 9.47. The van der Waals surface area contributed by atoms with E-state index in [9.17, 15) is 2.74 Å². The van der Waals surface area contributed by atoms with E-state index in [0.29, 0.717) is 33.7 Å². The van der Waals surface area contributed by atoms with Crippen LogP contribution in [0, 0.1) is 0 Å². The SMILES string of the molecule is [2H]c1c([2H])c([2H])c2c(-c3nc(-c4ccccc4)nc(-c4cccc5oc6ccccc6c45)n3)c([2H])c([2H])c(-c3ccc4ccccc4c3)c2c1[2H]. The summed E-state index contributed by atoms with van der Waals surface area (Å²) in [6.45, 7) is 0. The number of benzene rings is 7. The Morgan fingerprint density at radius 2 is 1.11 bits per heavy atom. The quantitative estimate of drug-likeness (QED) is 0.207. The van der Waals surface area contributed by atoms with Crippen LogP contribution in [0.5, 0.6) is 0 Å². The molecule has 210 valence electrons. The third-order valence-corrected chi connectivity index (χ3v) is 8.07. The molecule has 0 aliphatic heterocycles. The van der Waals surface area contributed by atoms with Crippen LogP contribution in [0.3, 0.4) is 0 Å². The molecule has 2 aromatic heterocycles. The van der Waals surface area contributed by atoms with Gasteiger partial charge in [-0.3, -0.25) is 0 Å². The molecule has 7 aromatic carbocycles. The molecule has 0 aliphatic carbocycles. The Balaban J connectivity index is 1.40. The summed E-state index contributed by atoms with van der Waals surface area (Å²) >= 11 is 0. The predicted octanol–water partition coefficient (Wildman–Crippen LogP) is 10.7. The zero-order valence-electron chi connectivity index (χ0n) is 29.7. The van der Waals surface area contributed by atoms with Crippen molar-refractivity contribution in [3.05, 3.63) is 152 Å². The first-order valence-electron chi connectivity index (χ1n) is 17.5. The fourth-order valence-electron chi connectivity index (χ4n) is 5.95. The van der Waals surface area contributed by atoms with Gasteiger partial charge in [-0.1, -0.05) is 127 Å². The first-order chi connectivity index (χ1) is 24.8. The Kier molecular flexibility index (Phi) is 4.54. The number of rotatable bonds is 4. The van der Waals surface area contributed by atoms with E-state index in [1.165, 1.54) is 0 Å². The number of fused-ring (bicyclic) bond motifs is 5. The lowest BCUT2D eigenvalue weighted by atomic mass is 9.93. The van der Waals surface area contributed by atoms with E-state index in [2.05, 4.69) is 0 Å². The van der Waals surface area contributed by atoms with Gasteiger partial charge < -0.3 is 4.42 Å². The summed E-state index contributed by atoms with van der Waals surface area (Å²) in [4.78, 5) is 14.7. The maximum Gasteiger partial charge on any atom is 0.164 e. The summed E-state index contributed by atoms with van der Waals surface area (Å²) in [5, 5.41) is 3.74. The summed E-state index contributed by atoms with van der Waals surface area (Å²) in [6, 6.07) is 34.0. The van der Waals surface area contributed by atoms with Gasteiger partial charge in [0.1, 0.15) is 11.2 Å². The zero-order valence-corrected chi connectivity index (χ0v) is 23.7. The number of furan rings is 1. The second-order valence-corrected chi connectivity index (χ2v) is 10.8. The van der Waals surface area contributed by atoms with Crippen LogP contribution in [-0.2, 0) is 0 Å². The number of para-hydroxylation sites is 1. The smallest absolute Gasteiger partial charge is 0.164 e. The van der Waals surface area contributed by atoms with Gasteiger partial charge in [-0.15, -0.1) is 0 Å². The topological polar surface area (TPSA) is 51.8 Å². The minimum Gasteiger partial charge on any atom is -0.456 e. The molecule has 0 unspecified atom stereocenters.